The molecule has 5 aromatic carbocycles. The van der Waals surface area contributed by atoms with Gasteiger partial charge in [0.1, 0.15) is 18.1 Å². The third kappa shape index (κ3) is 94.0. The summed E-state index contributed by atoms with van der Waals surface area (Å²) in [7, 11) is -3.48. The van der Waals surface area contributed by atoms with Crippen molar-refractivity contribution in [2.75, 3.05) is 87.6 Å². The van der Waals surface area contributed by atoms with Crippen LogP contribution in [0, 0.1) is 0 Å². The highest BCUT2D eigenvalue weighted by molar-refractivity contribution is 7.89. The minimum atomic E-state index is -3.48. The van der Waals surface area contributed by atoms with Crippen molar-refractivity contribution < 1.29 is 181 Å². The number of aliphatic carboxylic acids is 11. The third-order valence-corrected chi connectivity index (χ3v) is 14.4. The van der Waals surface area contributed by atoms with Gasteiger partial charge >= 0.3 is 95.5 Å². The van der Waals surface area contributed by atoms with Gasteiger partial charge in [-0.2, -0.15) is 0 Å². The number of Topliss-reactive ketones (excluding diaryl/α,β-unsaturated/α-hetero) is 3. The number of benzene rings is 5. The monoisotopic (exact) mass is 1840 g/mol. The molecule has 0 saturated heterocycles. The molecule has 128 heavy (non-hydrogen) atoms. The number of carbonyl (C=O) groups excluding carboxylic acids is 3. The highest BCUT2D eigenvalue weighted by Crippen LogP contribution is 2.15. The molecule has 0 atom stereocenters. The van der Waals surface area contributed by atoms with Crippen LogP contribution in [0.3, 0.4) is 0 Å². The van der Waals surface area contributed by atoms with Crippen LogP contribution in [0.5, 0.6) is 0 Å². The van der Waals surface area contributed by atoms with E-state index in [1.54, 1.807) is 43.3 Å². The van der Waals surface area contributed by atoms with E-state index < -0.39 is 106 Å². The second-order valence-corrected chi connectivity index (χ2v) is 26.2. The topological polar surface area (TPSA) is 806 Å². The van der Waals surface area contributed by atoms with E-state index in [9.17, 15) is 99.5 Å². The van der Waals surface area contributed by atoms with Crippen LogP contribution in [0.2, 0.25) is 0 Å². The van der Waals surface area contributed by atoms with E-state index in [4.69, 9.17) is 87.4 Å². The zero-order valence-electron chi connectivity index (χ0n) is 66.9. The summed E-state index contributed by atoms with van der Waals surface area (Å²) in [5, 5.41) is 153. The molecule has 720 valence electrons. The maximum atomic E-state index is 10.9. The standard InChI is InChI=1S/C13H16O3.C11H12O4.C10H11NO4.C9H9NO4.C9H9NO3.C6H11NO4.2C5H9NO4.C5H9NO3.C4H9NO4S.5CH4/c1-10(14)4-2-3-5-11-6-8-12(9-7-11)13(15)16;12-10(13)3-1-2-8-4-6-9(7-5-8)11(14)15;12-9(13)5-6-11-8-3-1-7(2-4-8)10(14)15;11-8(12)5-10-7-3-1-6(2-4-7)9(13)14;1-5(11)6-2-7(9(12)13)4-8(10)3-6;8-5(9)1-3-7-4-2-6(10)11;2*7-4(8)1-2-6-3-5(9)10;1-4(7)2-6-3-5(8)9;5-10(8,9)3-1-2-4(6)7;;;;;/h6-9H,2-5H2,1H3,(H,15,16);4-7H,1-3H2,(H,12,13)(H,14,15);1-4,11H,5-6H2,(H,12,13)(H,14,15);1-4,10H,5H2,(H,11,12)(H,13,14);2-4H,10H2,1H3,(H,12,13);7H,1-4H2,(H,8,9)(H,10,11);2*6H,1-3H2,(H,7,8)(H,9,10);6H,2-3H2,1H3,(H,8,9);1-3H2,(H,6,7)(H2,5,8,9);5*1H4. The summed E-state index contributed by atoms with van der Waals surface area (Å²) in [6, 6.07) is 29.4. The SMILES string of the molecule is C.C.C.C.C.CC(=O)CCCCc1ccc(C(=O)O)cc1.CC(=O)CNCC(=O)O.CC(=O)c1cc(N)cc(C(=O)O)c1.NS(=O)(=O)CCCC(=O)O.O=C(O)CCCc1ccc(C(=O)O)cc1.O=C(O)CCNCC(=O)O.O=C(O)CCNCC(=O)O.O=C(O)CCNCCC(=O)O.O=C(O)CCNc1ccc(C(=O)O)cc1.O=C(O)CNc1ccc(C(=O)O)cc1. The van der Waals surface area contributed by atoms with Crippen LogP contribution in [-0.4, -0.2) is 274 Å². The van der Waals surface area contributed by atoms with Gasteiger partial charge in [0.2, 0.25) is 10.0 Å². The van der Waals surface area contributed by atoms with Crippen molar-refractivity contribution in [1.82, 2.24) is 21.3 Å². The summed E-state index contributed by atoms with van der Waals surface area (Å²) in [5.74, 6) is -15.4. The highest BCUT2D eigenvalue weighted by atomic mass is 32.2. The predicted molar refractivity (Wildman–Crippen MR) is 470 cm³/mol. The van der Waals surface area contributed by atoms with Gasteiger partial charge in [-0.05, 0) is 161 Å². The average Bonchev–Trinajstić information content (AvgIpc) is 0.851. The molecule has 5 rings (SSSR count). The Bertz CT molecular complexity index is 4100. The number of carbonyl (C=O) groups is 19. The van der Waals surface area contributed by atoms with Crippen molar-refractivity contribution in [3.63, 3.8) is 0 Å². The molecule has 0 spiro atoms. The number of rotatable bonds is 46. The summed E-state index contributed by atoms with van der Waals surface area (Å²) in [5.41, 5.74) is 10.4. The normalized spacial score (nSPS) is 9.31. The van der Waals surface area contributed by atoms with E-state index in [0.717, 1.165) is 30.4 Å². The quantitative estimate of drug-likeness (QED) is 0.0104. The van der Waals surface area contributed by atoms with E-state index in [-0.39, 0.29) is 185 Å². The number of sulfonamides is 1. The summed E-state index contributed by atoms with van der Waals surface area (Å²) in [4.78, 5) is 194. The van der Waals surface area contributed by atoms with E-state index in [1.165, 1.54) is 80.6 Å². The summed E-state index contributed by atoms with van der Waals surface area (Å²) >= 11 is 0. The van der Waals surface area contributed by atoms with Gasteiger partial charge < -0.3 is 124 Å². The number of carboxylic acids is 16. The van der Waals surface area contributed by atoms with Crippen LogP contribution >= 0.6 is 0 Å². The lowest BCUT2D eigenvalue weighted by molar-refractivity contribution is -0.138. The number of hydrogen-bond donors (Lipinski definition) is 24. The minimum Gasteiger partial charge on any atom is -0.481 e. The van der Waals surface area contributed by atoms with Gasteiger partial charge in [0, 0.05) is 74.6 Å². The molecule has 0 bridgehead atoms. The van der Waals surface area contributed by atoms with Crippen molar-refractivity contribution in [2.24, 2.45) is 5.14 Å². The summed E-state index contributed by atoms with van der Waals surface area (Å²) in [6.45, 7) is 5.13. The number of nitrogens with one attached hydrogen (secondary N) is 6. The number of hydrogen-bond acceptors (Lipinski definition) is 28. The molecule has 0 fully saturated rings. The molecule has 5 aromatic rings. The van der Waals surface area contributed by atoms with Gasteiger partial charge in [-0.3, -0.25) is 62.3 Å². The number of primary sulfonamides is 1. The van der Waals surface area contributed by atoms with Gasteiger partial charge in [-0.25, -0.2) is 37.5 Å². The molecule has 0 radical (unpaired) electrons. The first-order valence-electron chi connectivity index (χ1n) is 36.0. The van der Waals surface area contributed by atoms with Crippen LogP contribution in [-0.2, 0) is 85.2 Å². The Morgan fingerprint density at radius 3 is 0.867 bits per heavy atom. The molecule has 0 amide bonds. The molecule has 45 nitrogen and oxygen atoms in total. The lowest BCUT2D eigenvalue weighted by Crippen LogP contribution is -2.26. The second-order valence-electron chi connectivity index (χ2n) is 24.5. The van der Waals surface area contributed by atoms with Crippen LogP contribution in [0.15, 0.2) is 115 Å². The molecule has 0 aromatic heterocycles. The fraction of sp³-hybridized carbons (Fsp3) is 0.402. The number of nitrogens with two attached hydrogens (primary N) is 2. The van der Waals surface area contributed by atoms with Crippen molar-refractivity contribution in [3.05, 3.63) is 160 Å². The summed E-state index contributed by atoms with van der Waals surface area (Å²) in [6.07, 6.45) is 4.67. The van der Waals surface area contributed by atoms with Gasteiger partial charge in [0.05, 0.1) is 91.9 Å². The molecule has 0 saturated carbocycles. The third-order valence-electron chi connectivity index (χ3n) is 13.6. The van der Waals surface area contributed by atoms with Gasteiger partial charge in [-0.1, -0.05) is 61.4 Å². The van der Waals surface area contributed by atoms with Crippen molar-refractivity contribution in [2.45, 2.75) is 148 Å². The molecule has 46 heteroatoms. The number of ketones is 3. The van der Waals surface area contributed by atoms with Crippen molar-refractivity contribution >= 4 is 140 Å². The summed E-state index contributed by atoms with van der Waals surface area (Å²) < 4.78 is 20.4. The van der Waals surface area contributed by atoms with Crippen molar-refractivity contribution in [3.8, 4) is 0 Å². The molecular formula is C82H124N8O37S. The smallest absolute Gasteiger partial charge is 0.335 e. The maximum absolute atomic E-state index is 10.9. The molecule has 0 aliphatic heterocycles. The van der Waals surface area contributed by atoms with Gasteiger partial charge in [0.25, 0.3) is 0 Å². The number of carboxylic acid groups (broad SMARTS) is 16. The lowest BCUT2D eigenvalue weighted by Gasteiger charge is -2.04. The number of aromatic carboxylic acids is 5. The first kappa shape index (κ1) is 134. The zero-order chi connectivity index (χ0) is 95.2. The van der Waals surface area contributed by atoms with E-state index in [2.05, 4.69) is 37.0 Å². The molecule has 0 unspecified atom stereocenters. The maximum Gasteiger partial charge on any atom is 0.335 e. The zero-order valence-corrected chi connectivity index (χ0v) is 67.8. The first-order chi connectivity index (χ1) is 57.3. The Morgan fingerprint density at radius 1 is 0.281 bits per heavy atom. The Morgan fingerprint density at radius 2 is 0.570 bits per heavy atom. The predicted octanol–water partition coefficient (Wildman–Crippen LogP) is 7.17. The highest BCUT2D eigenvalue weighted by Gasteiger charge is 2.11. The van der Waals surface area contributed by atoms with E-state index in [0.29, 0.717) is 61.4 Å². The van der Waals surface area contributed by atoms with Crippen LogP contribution < -0.4 is 42.8 Å². The number of aryl methyl sites for hydroxylation is 2. The lowest BCUT2D eigenvalue weighted by atomic mass is 10.0. The Labute approximate surface area is 739 Å². The Hall–Kier alpha value is -14.2. The van der Waals surface area contributed by atoms with E-state index >= 15 is 0 Å². The Balaban J connectivity index is -0.000000151. The molecule has 0 aliphatic carbocycles. The fourth-order valence-electron chi connectivity index (χ4n) is 7.77. The molecular weight excluding hydrogens is 1720 g/mol. The van der Waals surface area contributed by atoms with Gasteiger partial charge in [-0.15, -0.1) is 0 Å². The number of unbranched alkanes of at least 4 members (excludes halogenated alkanes) is 1. The molecule has 0 aliphatic rings. The van der Waals surface area contributed by atoms with Crippen LogP contribution in [0.4, 0.5) is 17.1 Å². The fourth-order valence-corrected chi connectivity index (χ4v) is 8.32. The second kappa shape index (κ2) is 81.1. The molecule has 0 heterocycles. The number of anilines is 3. The van der Waals surface area contributed by atoms with Crippen LogP contribution in [0.25, 0.3) is 0 Å². The Kier molecular flexibility index (Phi) is 85.2. The van der Waals surface area contributed by atoms with E-state index in [1.807, 2.05) is 12.1 Å². The molecule has 26 N–H and O–H groups in total. The first-order valence-corrected chi connectivity index (χ1v) is 37.7. The largest absolute Gasteiger partial charge is 0.481 e. The minimum absolute atomic E-state index is 0. The van der Waals surface area contributed by atoms with Crippen molar-refractivity contribution in [1.29, 1.82) is 0 Å². The van der Waals surface area contributed by atoms with Crippen LogP contribution in [0.1, 0.15) is 208 Å². The average molecular weight is 1850 g/mol. The number of nitrogen functional groups attached to an aromatic ring is 1. The van der Waals surface area contributed by atoms with Gasteiger partial charge in [0.15, 0.2) is 5.78 Å².